The van der Waals surface area contributed by atoms with Crippen molar-refractivity contribution in [3.63, 3.8) is 0 Å². The largest absolute Gasteiger partial charge is 0.300 e. The first-order valence-electron chi connectivity index (χ1n) is 5.55. The molecule has 0 saturated carbocycles. The van der Waals surface area contributed by atoms with Crippen LogP contribution in [0, 0.1) is 13.8 Å². The molecular weight excluding hydrogens is 196 g/mol. The van der Waals surface area contributed by atoms with Crippen molar-refractivity contribution in [1.82, 2.24) is 0 Å². The summed E-state index contributed by atoms with van der Waals surface area (Å²) in [6, 6.07) is 10.7. The maximum Gasteiger partial charge on any atom is 0.134 e. The number of carbonyl (C=O) groups is 1. The molecule has 1 heteroatoms. The molecule has 1 nitrogen and oxygen atoms in total. The molecule has 2 aromatic carbocycles. The minimum Gasteiger partial charge on any atom is -0.300 e. The first kappa shape index (κ1) is 10.9. The van der Waals surface area contributed by atoms with E-state index in [-0.39, 0.29) is 5.78 Å². The molecule has 0 aliphatic carbocycles. The van der Waals surface area contributed by atoms with Crippen LogP contribution in [0.1, 0.15) is 23.6 Å². The Hall–Kier alpha value is -1.63. The van der Waals surface area contributed by atoms with Crippen molar-refractivity contribution in [2.75, 3.05) is 0 Å². The van der Waals surface area contributed by atoms with Crippen LogP contribution in [0.4, 0.5) is 0 Å². The predicted octanol–water partition coefficient (Wildman–Crippen LogP) is 3.59. The molecule has 0 aliphatic heterocycles. The van der Waals surface area contributed by atoms with E-state index < -0.39 is 0 Å². The maximum absolute atomic E-state index is 11.3. The van der Waals surface area contributed by atoms with Crippen molar-refractivity contribution in [3.8, 4) is 0 Å². The Balaban J connectivity index is 2.69. The Labute approximate surface area is 96.1 Å². The van der Waals surface area contributed by atoms with Gasteiger partial charge in [0.15, 0.2) is 0 Å². The molecule has 0 aliphatic rings. The van der Waals surface area contributed by atoms with Crippen molar-refractivity contribution in [3.05, 3.63) is 47.0 Å². The van der Waals surface area contributed by atoms with Crippen molar-refractivity contribution in [2.24, 2.45) is 0 Å². The summed E-state index contributed by atoms with van der Waals surface area (Å²) in [7, 11) is 0. The molecule has 0 amide bonds. The molecular formula is C15H16O. The van der Waals surface area contributed by atoms with Crippen molar-refractivity contribution in [2.45, 2.75) is 27.2 Å². The van der Waals surface area contributed by atoms with Crippen LogP contribution in [0.15, 0.2) is 30.3 Å². The molecule has 0 unspecified atom stereocenters. The lowest BCUT2D eigenvalue weighted by molar-refractivity contribution is -0.116. The van der Waals surface area contributed by atoms with Gasteiger partial charge < -0.3 is 0 Å². The average Bonchev–Trinajstić information content (AvgIpc) is 2.18. The third-order valence-corrected chi connectivity index (χ3v) is 2.78. The highest BCUT2D eigenvalue weighted by Crippen LogP contribution is 2.23. The standard InChI is InChI=1S/C15H16O/c1-10-4-5-13-6-11(2)7-14(9-12(3)16)15(13)8-10/h4-8H,9H2,1-3H3. The number of rotatable bonds is 2. The summed E-state index contributed by atoms with van der Waals surface area (Å²) in [6.45, 7) is 5.80. The fourth-order valence-electron chi connectivity index (χ4n) is 2.13. The molecule has 16 heavy (non-hydrogen) atoms. The maximum atomic E-state index is 11.3. The van der Waals surface area contributed by atoms with Crippen molar-refractivity contribution >= 4 is 16.6 Å². The number of Topliss-reactive ketones (excluding diaryl/α,β-unsaturated/α-hetero) is 1. The summed E-state index contributed by atoms with van der Waals surface area (Å²) in [5, 5.41) is 2.43. The minimum atomic E-state index is 0.216. The summed E-state index contributed by atoms with van der Waals surface area (Å²) < 4.78 is 0. The lowest BCUT2D eigenvalue weighted by Gasteiger charge is -2.08. The SMILES string of the molecule is CC(=O)Cc1cc(C)cc2ccc(C)cc12. The fourth-order valence-corrected chi connectivity index (χ4v) is 2.13. The van der Waals surface area contributed by atoms with Gasteiger partial charge in [-0.1, -0.05) is 41.5 Å². The predicted molar refractivity (Wildman–Crippen MR) is 67.8 cm³/mol. The first-order valence-corrected chi connectivity index (χ1v) is 5.55. The zero-order valence-corrected chi connectivity index (χ0v) is 10.0. The van der Waals surface area contributed by atoms with Gasteiger partial charge in [0, 0.05) is 6.42 Å². The molecule has 0 saturated heterocycles. The zero-order valence-electron chi connectivity index (χ0n) is 10.0. The average molecular weight is 212 g/mol. The second-order valence-electron chi connectivity index (χ2n) is 4.53. The third kappa shape index (κ3) is 2.13. The van der Waals surface area contributed by atoms with E-state index in [1.807, 2.05) is 0 Å². The summed E-state index contributed by atoms with van der Waals surface area (Å²) >= 11 is 0. The quantitative estimate of drug-likeness (QED) is 0.743. The van der Waals surface area contributed by atoms with E-state index in [0.717, 1.165) is 5.56 Å². The molecule has 0 fully saturated rings. The van der Waals surface area contributed by atoms with E-state index in [4.69, 9.17) is 0 Å². The van der Waals surface area contributed by atoms with Gasteiger partial charge in [-0.15, -0.1) is 0 Å². The summed E-state index contributed by atoms with van der Waals surface area (Å²) in [5.74, 6) is 0.216. The summed E-state index contributed by atoms with van der Waals surface area (Å²) in [5.41, 5.74) is 3.60. The Morgan fingerprint density at radius 2 is 1.81 bits per heavy atom. The van der Waals surface area contributed by atoms with Gasteiger partial charge >= 0.3 is 0 Å². The number of aryl methyl sites for hydroxylation is 2. The van der Waals surface area contributed by atoms with E-state index in [9.17, 15) is 4.79 Å². The van der Waals surface area contributed by atoms with E-state index in [1.165, 1.54) is 21.9 Å². The number of fused-ring (bicyclic) bond motifs is 1. The van der Waals surface area contributed by atoms with E-state index in [1.54, 1.807) is 6.92 Å². The van der Waals surface area contributed by atoms with Crippen molar-refractivity contribution in [1.29, 1.82) is 0 Å². The highest BCUT2D eigenvalue weighted by atomic mass is 16.1. The van der Waals surface area contributed by atoms with Crippen LogP contribution in [0.25, 0.3) is 10.8 Å². The second-order valence-corrected chi connectivity index (χ2v) is 4.53. The monoisotopic (exact) mass is 212 g/mol. The second kappa shape index (κ2) is 4.09. The van der Waals surface area contributed by atoms with Crippen LogP contribution in [0.3, 0.4) is 0 Å². The number of hydrogen-bond acceptors (Lipinski definition) is 1. The van der Waals surface area contributed by atoms with Crippen LogP contribution in [0.5, 0.6) is 0 Å². The number of benzene rings is 2. The Kier molecular flexibility index (Phi) is 2.78. The van der Waals surface area contributed by atoms with Gasteiger partial charge in [0.25, 0.3) is 0 Å². The van der Waals surface area contributed by atoms with E-state index in [2.05, 4.69) is 44.2 Å². The molecule has 0 aromatic heterocycles. The lowest BCUT2D eigenvalue weighted by Crippen LogP contribution is -1.98. The molecule has 0 spiro atoms. The zero-order chi connectivity index (χ0) is 11.7. The topological polar surface area (TPSA) is 17.1 Å². The number of carbonyl (C=O) groups excluding carboxylic acids is 1. The molecule has 2 aromatic rings. The van der Waals surface area contributed by atoms with Crippen LogP contribution in [-0.4, -0.2) is 5.78 Å². The van der Waals surface area contributed by atoms with Gasteiger partial charge in [-0.05, 0) is 37.1 Å². The van der Waals surface area contributed by atoms with Gasteiger partial charge in [0.05, 0.1) is 0 Å². The van der Waals surface area contributed by atoms with Crippen molar-refractivity contribution < 1.29 is 4.79 Å². The molecule has 2 rings (SSSR count). The number of ketones is 1. The number of hydrogen-bond donors (Lipinski definition) is 0. The Bertz CT molecular complexity index is 553. The lowest BCUT2D eigenvalue weighted by atomic mass is 9.97. The molecule has 0 atom stereocenters. The highest BCUT2D eigenvalue weighted by Gasteiger charge is 2.05. The molecule has 82 valence electrons. The third-order valence-electron chi connectivity index (χ3n) is 2.78. The molecule has 0 N–H and O–H groups in total. The van der Waals surface area contributed by atoms with E-state index in [0.29, 0.717) is 6.42 Å². The summed E-state index contributed by atoms with van der Waals surface area (Å²) in [6.07, 6.45) is 0.529. The van der Waals surface area contributed by atoms with Gasteiger partial charge in [0.2, 0.25) is 0 Å². The molecule has 0 heterocycles. The summed E-state index contributed by atoms with van der Waals surface area (Å²) in [4.78, 5) is 11.3. The van der Waals surface area contributed by atoms with Gasteiger partial charge in [-0.2, -0.15) is 0 Å². The fraction of sp³-hybridized carbons (Fsp3) is 0.267. The van der Waals surface area contributed by atoms with Crippen LogP contribution < -0.4 is 0 Å². The minimum absolute atomic E-state index is 0.216. The Morgan fingerprint density at radius 3 is 2.50 bits per heavy atom. The molecule has 0 bridgehead atoms. The van der Waals surface area contributed by atoms with Gasteiger partial charge in [0.1, 0.15) is 5.78 Å². The van der Waals surface area contributed by atoms with Crippen LogP contribution in [-0.2, 0) is 11.2 Å². The first-order chi connectivity index (χ1) is 7.56. The Morgan fingerprint density at radius 1 is 1.06 bits per heavy atom. The highest BCUT2D eigenvalue weighted by molar-refractivity contribution is 5.91. The van der Waals surface area contributed by atoms with Gasteiger partial charge in [-0.25, -0.2) is 0 Å². The van der Waals surface area contributed by atoms with Crippen LogP contribution >= 0.6 is 0 Å². The van der Waals surface area contributed by atoms with E-state index >= 15 is 0 Å². The van der Waals surface area contributed by atoms with Crippen LogP contribution in [0.2, 0.25) is 0 Å². The smallest absolute Gasteiger partial charge is 0.134 e. The normalized spacial score (nSPS) is 10.7. The molecule has 0 radical (unpaired) electrons. The van der Waals surface area contributed by atoms with Gasteiger partial charge in [-0.3, -0.25) is 4.79 Å².